The number of nitrogens with one attached hydrogen (secondary N) is 1. The summed E-state index contributed by atoms with van der Waals surface area (Å²) in [6.07, 6.45) is 1.69. The van der Waals surface area contributed by atoms with E-state index >= 15 is 0 Å². The first-order valence-corrected chi connectivity index (χ1v) is 6.88. The summed E-state index contributed by atoms with van der Waals surface area (Å²) in [4.78, 5) is 8.60. The molecular weight excluding hydrogens is 280 g/mol. The molecule has 0 bridgehead atoms. The van der Waals surface area contributed by atoms with Gasteiger partial charge in [-0.25, -0.2) is 9.97 Å². The van der Waals surface area contributed by atoms with Crippen LogP contribution in [0.5, 0.6) is 5.88 Å². The van der Waals surface area contributed by atoms with Gasteiger partial charge >= 0.3 is 0 Å². The molecule has 0 spiro atoms. The van der Waals surface area contributed by atoms with Crippen molar-refractivity contribution in [2.45, 2.75) is 13.2 Å². The average molecular weight is 296 g/mol. The number of H-pyrrole nitrogens is 1. The zero-order valence-electron chi connectivity index (χ0n) is 12.2. The molecule has 6 heteroatoms. The lowest BCUT2D eigenvalue weighted by atomic mass is 10.2. The lowest BCUT2D eigenvalue weighted by molar-refractivity contribution is 0.178. The molecule has 3 aromatic rings. The van der Waals surface area contributed by atoms with Gasteiger partial charge in [0.2, 0.25) is 5.88 Å². The van der Waals surface area contributed by atoms with Gasteiger partial charge in [-0.3, -0.25) is 5.10 Å². The van der Waals surface area contributed by atoms with Crippen molar-refractivity contribution in [1.29, 1.82) is 0 Å². The van der Waals surface area contributed by atoms with E-state index in [0.29, 0.717) is 30.7 Å². The Kier molecular flexibility index (Phi) is 4.41. The summed E-state index contributed by atoms with van der Waals surface area (Å²) in [6, 6.07) is 13.7. The molecule has 0 atom stereocenters. The van der Waals surface area contributed by atoms with Crippen LogP contribution >= 0.6 is 0 Å². The van der Waals surface area contributed by atoms with E-state index in [-0.39, 0.29) is 0 Å². The lowest BCUT2D eigenvalue weighted by Crippen LogP contribution is -1.97. The summed E-state index contributed by atoms with van der Waals surface area (Å²) >= 11 is 0. The van der Waals surface area contributed by atoms with Crippen molar-refractivity contribution < 1.29 is 9.47 Å². The van der Waals surface area contributed by atoms with Gasteiger partial charge in [0, 0.05) is 24.9 Å². The normalized spacial score (nSPS) is 10.6. The molecule has 0 aliphatic carbocycles. The highest BCUT2D eigenvalue weighted by atomic mass is 16.5. The van der Waals surface area contributed by atoms with Crippen molar-refractivity contribution in [3.63, 3.8) is 0 Å². The third kappa shape index (κ3) is 3.48. The van der Waals surface area contributed by atoms with Gasteiger partial charge in [-0.15, -0.1) is 0 Å². The van der Waals surface area contributed by atoms with Crippen LogP contribution in [0, 0.1) is 0 Å². The Hall–Kier alpha value is -2.73. The van der Waals surface area contributed by atoms with Crippen LogP contribution in [0.1, 0.15) is 11.4 Å². The predicted molar refractivity (Wildman–Crippen MR) is 81.1 cm³/mol. The van der Waals surface area contributed by atoms with Crippen molar-refractivity contribution >= 4 is 0 Å². The van der Waals surface area contributed by atoms with E-state index in [1.54, 1.807) is 13.3 Å². The second-order valence-electron chi connectivity index (χ2n) is 4.70. The van der Waals surface area contributed by atoms with Crippen molar-refractivity contribution in [3.8, 4) is 17.3 Å². The molecular formula is C16H16N4O2. The molecule has 0 saturated heterocycles. The summed E-state index contributed by atoms with van der Waals surface area (Å²) in [7, 11) is 1.61. The third-order valence-electron chi connectivity index (χ3n) is 3.04. The monoisotopic (exact) mass is 296 g/mol. The van der Waals surface area contributed by atoms with Gasteiger partial charge in [0.15, 0.2) is 11.6 Å². The summed E-state index contributed by atoms with van der Waals surface area (Å²) in [6.45, 7) is 0.893. The molecule has 6 nitrogen and oxygen atoms in total. The van der Waals surface area contributed by atoms with Crippen molar-refractivity contribution in [3.05, 3.63) is 60.0 Å². The van der Waals surface area contributed by atoms with Crippen molar-refractivity contribution in [2.24, 2.45) is 0 Å². The highest BCUT2D eigenvalue weighted by Crippen LogP contribution is 2.17. The molecule has 1 aromatic carbocycles. The third-order valence-corrected chi connectivity index (χ3v) is 3.04. The fourth-order valence-corrected chi connectivity index (χ4v) is 1.96. The zero-order valence-corrected chi connectivity index (χ0v) is 12.2. The highest BCUT2D eigenvalue weighted by molar-refractivity contribution is 5.53. The fraction of sp³-hybridized carbons (Fsp3) is 0.188. The minimum atomic E-state index is 0.401. The van der Waals surface area contributed by atoms with Gasteiger partial charge < -0.3 is 9.47 Å². The maximum atomic E-state index is 5.65. The van der Waals surface area contributed by atoms with E-state index in [2.05, 4.69) is 20.2 Å². The van der Waals surface area contributed by atoms with Gasteiger partial charge in [-0.2, -0.15) is 5.10 Å². The summed E-state index contributed by atoms with van der Waals surface area (Å²) in [5.74, 6) is 1.84. The van der Waals surface area contributed by atoms with Crippen molar-refractivity contribution in [1.82, 2.24) is 20.2 Å². The number of benzene rings is 1. The minimum Gasteiger partial charge on any atom is -0.473 e. The Balaban J connectivity index is 1.64. The largest absolute Gasteiger partial charge is 0.473 e. The molecule has 0 amide bonds. The summed E-state index contributed by atoms with van der Waals surface area (Å²) in [5, 5.41) is 6.95. The first-order chi connectivity index (χ1) is 10.8. The predicted octanol–water partition coefficient (Wildman–Crippen LogP) is 2.59. The lowest BCUT2D eigenvalue weighted by Gasteiger charge is -2.05. The average Bonchev–Trinajstić information content (AvgIpc) is 3.03. The van der Waals surface area contributed by atoms with Crippen LogP contribution in [0.25, 0.3) is 11.4 Å². The van der Waals surface area contributed by atoms with Crippen LogP contribution in [0.3, 0.4) is 0 Å². The number of ether oxygens (including phenoxy) is 2. The molecule has 22 heavy (non-hydrogen) atoms. The Bertz CT molecular complexity index is 711. The smallest absolute Gasteiger partial charge is 0.213 e. The molecule has 2 heterocycles. The second-order valence-corrected chi connectivity index (χ2v) is 4.70. The minimum absolute atomic E-state index is 0.401. The molecule has 3 rings (SSSR count). The maximum absolute atomic E-state index is 5.65. The summed E-state index contributed by atoms with van der Waals surface area (Å²) in [5.41, 5.74) is 1.93. The first kappa shape index (κ1) is 14.2. The van der Waals surface area contributed by atoms with E-state index < -0.39 is 0 Å². The van der Waals surface area contributed by atoms with Gasteiger partial charge in [-0.05, 0) is 11.6 Å². The van der Waals surface area contributed by atoms with Crippen LogP contribution in [0.4, 0.5) is 0 Å². The number of hydrogen-bond acceptors (Lipinski definition) is 5. The molecule has 0 saturated carbocycles. The fourth-order valence-electron chi connectivity index (χ4n) is 1.96. The van der Waals surface area contributed by atoms with E-state index in [4.69, 9.17) is 9.47 Å². The van der Waals surface area contributed by atoms with E-state index in [1.807, 2.05) is 42.5 Å². The SMILES string of the molecule is COCc1nc(-c2ccc(OCc3ccccc3)nc2)n[nH]1. The van der Waals surface area contributed by atoms with E-state index in [0.717, 1.165) is 11.1 Å². The standard InChI is InChI=1S/C16H16N4O2/c1-21-11-14-18-16(20-19-14)13-7-8-15(17-9-13)22-10-12-5-3-2-4-6-12/h2-9H,10-11H2,1H3,(H,18,19,20). The Morgan fingerprint density at radius 3 is 2.64 bits per heavy atom. The molecule has 1 N–H and O–H groups in total. The van der Waals surface area contributed by atoms with Gasteiger partial charge in [0.1, 0.15) is 13.2 Å². The number of pyridine rings is 1. The van der Waals surface area contributed by atoms with Crippen LogP contribution in [0.2, 0.25) is 0 Å². The Labute approximate surface area is 128 Å². The van der Waals surface area contributed by atoms with Crippen LogP contribution < -0.4 is 4.74 Å². The van der Waals surface area contributed by atoms with Crippen molar-refractivity contribution in [2.75, 3.05) is 7.11 Å². The van der Waals surface area contributed by atoms with Gasteiger partial charge in [-0.1, -0.05) is 30.3 Å². The van der Waals surface area contributed by atoms with Gasteiger partial charge in [0.05, 0.1) is 0 Å². The summed E-state index contributed by atoms with van der Waals surface area (Å²) < 4.78 is 10.6. The number of nitrogens with zero attached hydrogens (tertiary/aromatic N) is 3. The van der Waals surface area contributed by atoms with E-state index in [9.17, 15) is 0 Å². The molecule has 0 aliphatic heterocycles. The van der Waals surface area contributed by atoms with E-state index in [1.165, 1.54) is 0 Å². The topological polar surface area (TPSA) is 72.9 Å². The first-order valence-electron chi connectivity index (χ1n) is 6.88. The Morgan fingerprint density at radius 1 is 1.05 bits per heavy atom. The highest BCUT2D eigenvalue weighted by Gasteiger charge is 2.06. The number of aromatic nitrogens is 4. The molecule has 2 aromatic heterocycles. The zero-order chi connectivity index (χ0) is 15.2. The number of methoxy groups -OCH3 is 1. The molecule has 0 fully saturated rings. The van der Waals surface area contributed by atoms with Crippen LogP contribution in [-0.4, -0.2) is 27.3 Å². The molecule has 112 valence electrons. The van der Waals surface area contributed by atoms with Crippen LogP contribution in [-0.2, 0) is 18.0 Å². The maximum Gasteiger partial charge on any atom is 0.213 e. The van der Waals surface area contributed by atoms with Gasteiger partial charge in [0.25, 0.3) is 0 Å². The number of hydrogen-bond donors (Lipinski definition) is 1. The Morgan fingerprint density at radius 2 is 1.91 bits per heavy atom. The van der Waals surface area contributed by atoms with Crippen LogP contribution in [0.15, 0.2) is 48.7 Å². The number of rotatable bonds is 6. The second kappa shape index (κ2) is 6.82. The quantitative estimate of drug-likeness (QED) is 0.757. The number of aromatic amines is 1. The molecule has 0 radical (unpaired) electrons. The molecule has 0 aliphatic rings. The molecule has 0 unspecified atom stereocenters.